The largest absolute Gasteiger partial charge is 0.468 e. The number of likely N-dealkylation sites (tertiary alicyclic amines) is 1. The summed E-state index contributed by atoms with van der Waals surface area (Å²) in [6.45, 7) is 3.88. The van der Waals surface area contributed by atoms with Crippen LogP contribution < -0.4 is 10.1 Å². The second-order valence-corrected chi connectivity index (χ2v) is 10.8. The molecule has 3 aromatic rings. The first-order valence-electron chi connectivity index (χ1n) is 10.4. The molecule has 0 saturated carbocycles. The van der Waals surface area contributed by atoms with Crippen LogP contribution in [0.3, 0.4) is 0 Å². The van der Waals surface area contributed by atoms with E-state index in [4.69, 9.17) is 4.74 Å². The number of aryl methyl sites for hydroxylation is 1. The van der Waals surface area contributed by atoms with Crippen LogP contribution >= 0.6 is 0 Å². The lowest BCUT2D eigenvalue weighted by molar-refractivity contribution is -0.128. The van der Waals surface area contributed by atoms with E-state index in [9.17, 15) is 14.1 Å². The standard InChI is InChI=1S/C22H26N6O4S/c1-13-8-15(27-33(3,4)31)9-17-20(13)21(25-12-24-17)26-16-6-5-7-23-22(16)32-19-11-28(14(2)29)10-18(19)30/h5-9,12,18-19,30H,10-11H2,1-4H3,(H,24,25,26)/t18-,19-/m1/s1. The number of nitrogens with one attached hydrogen (secondary N) is 1. The third-order valence-electron chi connectivity index (χ3n) is 5.21. The number of anilines is 2. The molecule has 1 aliphatic heterocycles. The van der Waals surface area contributed by atoms with E-state index in [2.05, 4.69) is 24.6 Å². The number of hydrogen-bond acceptors (Lipinski definition) is 9. The third-order valence-corrected chi connectivity index (χ3v) is 5.87. The molecule has 0 spiro atoms. The zero-order chi connectivity index (χ0) is 23.8. The van der Waals surface area contributed by atoms with Gasteiger partial charge in [-0.2, -0.15) is 4.36 Å². The van der Waals surface area contributed by atoms with Gasteiger partial charge in [0, 0.05) is 40.7 Å². The number of carbonyl (C=O) groups excluding carboxylic acids is 1. The molecule has 2 aromatic heterocycles. The molecule has 11 heteroatoms. The van der Waals surface area contributed by atoms with E-state index < -0.39 is 21.9 Å². The van der Waals surface area contributed by atoms with Crippen molar-refractivity contribution in [3.05, 3.63) is 42.4 Å². The zero-order valence-corrected chi connectivity index (χ0v) is 19.7. The molecule has 2 N–H and O–H groups in total. The lowest BCUT2D eigenvalue weighted by Crippen LogP contribution is -2.31. The predicted molar refractivity (Wildman–Crippen MR) is 127 cm³/mol. The lowest BCUT2D eigenvalue weighted by Gasteiger charge is -2.19. The normalized spacial score (nSPS) is 18.4. The maximum atomic E-state index is 12.1. The number of aliphatic hydroxyl groups excluding tert-OH is 1. The van der Waals surface area contributed by atoms with Crippen LogP contribution in [0.25, 0.3) is 10.9 Å². The molecule has 0 aliphatic carbocycles. The Hall–Kier alpha value is -3.31. The Morgan fingerprint density at radius 2 is 2.06 bits per heavy atom. The SMILES string of the molecule is CC(=O)N1C[C@@H](O)[C@H](Oc2ncccc2Nc2ncnc3cc(N=S(C)(C)=O)cc(C)c23)C1. The molecule has 10 nitrogen and oxygen atoms in total. The molecule has 1 amide bonds. The van der Waals surface area contributed by atoms with Crippen molar-refractivity contribution in [1.82, 2.24) is 19.9 Å². The van der Waals surface area contributed by atoms with Crippen LogP contribution in [0.4, 0.5) is 17.2 Å². The van der Waals surface area contributed by atoms with Gasteiger partial charge in [-0.3, -0.25) is 4.79 Å². The highest BCUT2D eigenvalue weighted by Gasteiger charge is 2.35. The van der Waals surface area contributed by atoms with Crippen LogP contribution in [-0.2, 0) is 14.5 Å². The fourth-order valence-electron chi connectivity index (χ4n) is 3.76. The average Bonchev–Trinajstić information content (AvgIpc) is 3.09. The van der Waals surface area contributed by atoms with Gasteiger partial charge < -0.3 is 20.1 Å². The van der Waals surface area contributed by atoms with Crippen LogP contribution in [0.1, 0.15) is 12.5 Å². The van der Waals surface area contributed by atoms with Gasteiger partial charge in [0.25, 0.3) is 0 Å². The van der Waals surface area contributed by atoms with E-state index >= 15 is 0 Å². The zero-order valence-electron chi connectivity index (χ0n) is 18.8. The van der Waals surface area contributed by atoms with E-state index in [0.29, 0.717) is 28.6 Å². The number of carbonyl (C=O) groups is 1. The van der Waals surface area contributed by atoms with Gasteiger partial charge >= 0.3 is 0 Å². The number of β-amino-alcohol motifs (C(OH)–C–C–N with tert-alkyl or cyclic N) is 1. The maximum absolute atomic E-state index is 12.1. The Morgan fingerprint density at radius 1 is 1.27 bits per heavy atom. The smallest absolute Gasteiger partial charge is 0.238 e. The quantitative estimate of drug-likeness (QED) is 0.581. The van der Waals surface area contributed by atoms with E-state index in [1.807, 2.05) is 13.0 Å². The van der Waals surface area contributed by atoms with E-state index in [0.717, 1.165) is 10.9 Å². The molecule has 1 fully saturated rings. The fourth-order valence-corrected chi connectivity index (χ4v) is 4.37. The van der Waals surface area contributed by atoms with Crippen molar-refractivity contribution < 1.29 is 18.8 Å². The van der Waals surface area contributed by atoms with Gasteiger partial charge in [-0.05, 0) is 36.8 Å². The topological polar surface area (TPSA) is 130 Å². The van der Waals surface area contributed by atoms with Crippen molar-refractivity contribution in [2.24, 2.45) is 4.36 Å². The van der Waals surface area contributed by atoms with Gasteiger partial charge in [0.05, 0.1) is 24.3 Å². The van der Waals surface area contributed by atoms with Gasteiger partial charge in [-0.25, -0.2) is 19.2 Å². The van der Waals surface area contributed by atoms with E-state index in [1.165, 1.54) is 13.3 Å². The Bertz CT molecular complexity index is 1330. The third kappa shape index (κ3) is 5.20. The molecule has 0 unspecified atom stereocenters. The van der Waals surface area contributed by atoms with Crippen molar-refractivity contribution in [3.63, 3.8) is 0 Å². The number of aliphatic hydroxyl groups is 1. The van der Waals surface area contributed by atoms with Crippen LogP contribution in [0.2, 0.25) is 0 Å². The molecule has 33 heavy (non-hydrogen) atoms. The first kappa shape index (κ1) is 22.9. The molecule has 1 saturated heterocycles. The van der Waals surface area contributed by atoms with Crippen LogP contribution in [0.15, 0.2) is 41.2 Å². The first-order valence-corrected chi connectivity index (χ1v) is 12.7. The van der Waals surface area contributed by atoms with Crippen molar-refractivity contribution >= 4 is 43.7 Å². The second-order valence-electron chi connectivity index (χ2n) is 8.28. The van der Waals surface area contributed by atoms with Crippen LogP contribution in [0.5, 0.6) is 5.88 Å². The van der Waals surface area contributed by atoms with Gasteiger partial charge in [-0.1, -0.05) is 0 Å². The van der Waals surface area contributed by atoms with Crippen LogP contribution in [0, 0.1) is 6.92 Å². The van der Waals surface area contributed by atoms with Crippen molar-refractivity contribution in [1.29, 1.82) is 0 Å². The minimum Gasteiger partial charge on any atom is -0.468 e. The first-order chi connectivity index (χ1) is 15.6. The summed E-state index contributed by atoms with van der Waals surface area (Å²) in [5.74, 6) is 0.725. The van der Waals surface area contributed by atoms with Gasteiger partial charge in [0.2, 0.25) is 11.8 Å². The molecular formula is C22H26N6O4S. The summed E-state index contributed by atoms with van der Waals surface area (Å²) >= 11 is 0. The number of rotatable bonds is 5. The number of pyridine rings is 1. The summed E-state index contributed by atoms with van der Waals surface area (Å²) in [5, 5.41) is 14.4. The molecule has 1 aromatic carbocycles. The van der Waals surface area contributed by atoms with Crippen LogP contribution in [-0.4, -0.2) is 72.9 Å². The maximum Gasteiger partial charge on any atom is 0.238 e. The fraction of sp³-hybridized carbons (Fsp3) is 0.364. The average molecular weight is 471 g/mol. The number of ether oxygens (including phenoxy) is 1. The van der Waals surface area contributed by atoms with E-state index in [1.54, 1.807) is 41.8 Å². The molecule has 2 atom stereocenters. The van der Waals surface area contributed by atoms with E-state index in [-0.39, 0.29) is 19.0 Å². The Balaban J connectivity index is 1.66. The number of hydrogen-bond donors (Lipinski definition) is 2. The molecular weight excluding hydrogens is 444 g/mol. The van der Waals surface area contributed by atoms with Crippen molar-refractivity contribution in [2.75, 3.05) is 30.9 Å². The lowest BCUT2D eigenvalue weighted by atomic mass is 10.1. The second kappa shape index (κ2) is 8.91. The summed E-state index contributed by atoms with van der Waals surface area (Å²) in [6.07, 6.45) is 4.80. The molecule has 4 rings (SSSR count). The molecule has 3 heterocycles. The summed E-state index contributed by atoms with van der Waals surface area (Å²) in [5.41, 5.74) is 2.68. The summed E-state index contributed by atoms with van der Waals surface area (Å²) < 4.78 is 22.4. The van der Waals surface area contributed by atoms with Crippen molar-refractivity contribution in [2.45, 2.75) is 26.1 Å². The highest BCUT2D eigenvalue weighted by molar-refractivity contribution is 7.92. The van der Waals surface area contributed by atoms with Gasteiger partial charge in [0.15, 0.2) is 0 Å². The minimum atomic E-state index is -2.31. The number of aromatic nitrogens is 3. The molecule has 174 valence electrons. The number of benzene rings is 1. The minimum absolute atomic E-state index is 0.115. The summed E-state index contributed by atoms with van der Waals surface area (Å²) in [4.78, 5) is 26.3. The number of amides is 1. The molecule has 0 radical (unpaired) electrons. The van der Waals surface area contributed by atoms with Gasteiger partial charge in [0.1, 0.15) is 30.0 Å². The summed E-state index contributed by atoms with van der Waals surface area (Å²) in [6, 6.07) is 7.17. The van der Waals surface area contributed by atoms with Crippen molar-refractivity contribution in [3.8, 4) is 5.88 Å². The summed E-state index contributed by atoms with van der Waals surface area (Å²) in [7, 11) is -2.31. The number of fused-ring (bicyclic) bond motifs is 1. The highest BCUT2D eigenvalue weighted by Crippen LogP contribution is 2.33. The molecule has 0 bridgehead atoms. The van der Waals surface area contributed by atoms with Gasteiger partial charge in [-0.15, -0.1) is 0 Å². The Kier molecular flexibility index (Phi) is 6.17. The number of nitrogens with zero attached hydrogens (tertiary/aromatic N) is 5. The molecule has 1 aliphatic rings. The Labute approximate surface area is 192 Å². The monoisotopic (exact) mass is 470 g/mol. The predicted octanol–water partition coefficient (Wildman–Crippen LogP) is 2.41. The Morgan fingerprint density at radius 3 is 2.76 bits per heavy atom. The highest BCUT2D eigenvalue weighted by atomic mass is 32.2.